The average molecular weight is 210 g/mol. The zero-order valence-electron chi connectivity index (χ0n) is 7.21. The quantitative estimate of drug-likeness (QED) is 0.786. The lowest BCUT2D eigenvalue weighted by molar-refractivity contribution is 0.0702. The predicted octanol–water partition coefficient (Wildman–Crippen LogP) is 0.637. The van der Waals surface area contributed by atoms with Gasteiger partial charge in [0.25, 0.3) is 0 Å². The third-order valence-electron chi connectivity index (χ3n) is 1.75. The number of hydrogen-bond acceptors (Lipinski definition) is 5. The summed E-state index contributed by atoms with van der Waals surface area (Å²) in [6.45, 7) is 0. The van der Waals surface area contributed by atoms with Crippen LogP contribution in [0, 0.1) is 0 Å². The third-order valence-corrected chi connectivity index (χ3v) is 2.46. The number of carbonyl (C=O) groups is 1. The molecule has 2 heterocycles. The zero-order chi connectivity index (χ0) is 10.1. The lowest BCUT2D eigenvalue weighted by atomic mass is 10.3. The number of aromatic carboxylic acids is 1. The molecule has 0 atom stereocenters. The largest absolute Gasteiger partial charge is 0.477 e. The molecule has 0 radical (unpaired) electrons. The van der Waals surface area contributed by atoms with Crippen LogP contribution in [-0.2, 0) is 7.05 Å². The average Bonchev–Trinajstić information content (AvgIpc) is 2.70. The van der Waals surface area contributed by atoms with Crippen molar-refractivity contribution in [1.82, 2.24) is 19.4 Å². The molecule has 0 amide bonds. The molecule has 0 spiro atoms. The molecule has 2 aromatic heterocycles. The van der Waals surface area contributed by atoms with E-state index in [2.05, 4.69) is 14.7 Å². The molecule has 0 bridgehead atoms. The summed E-state index contributed by atoms with van der Waals surface area (Å²) in [5.74, 6) is -1.02. The molecule has 14 heavy (non-hydrogen) atoms. The van der Waals surface area contributed by atoms with Gasteiger partial charge in [0.15, 0.2) is 4.88 Å². The molecule has 72 valence electrons. The van der Waals surface area contributed by atoms with Gasteiger partial charge in [-0.15, -0.1) is 5.10 Å². The monoisotopic (exact) mass is 210 g/mol. The molecular weight excluding hydrogens is 204 g/mol. The van der Waals surface area contributed by atoms with E-state index in [1.165, 1.54) is 0 Å². The minimum absolute atomic E-state index is 0.133. The Balaban J connectivity index is 2.57. The Morgan fingerprint density at radius 3 is 3.00 bits per heavy atom. The molecular formula is C7H6N4O2S. The topological polar surface area (TPSA) is 80.9 Å². The third kappa shape index (κ3) is 1.27. The zero-order valence-corrected chi connectivity index (χ0v) is 8.02. The first-order chi connectivity index (χ1) is 6.70. The van der Waals surface area contributed by atoms with Gasteiger partial charge in [0, 0.05) is 13.2 Å². The summed E-state index contributed by atoms with van der Waals surface area (Å²) in [5.41, 5.74) is 1.01. The molecule has 0 aliphatic rings. The number of nitrogens with zero attached hydrogens (tertiary/aromatic N) is 4. The van der Waals surface area contributed by atoms with Gasteiger partial charge in [-0.2, -0.15) is 5.10 Å². The first-order valence-electron chi connectivity index (χ1n) is 3.74. The minimum atomic E-state index is -1.02. The van der Waals surface area contributed by atoms with Gasteiger partial charge < -0.3 is 5.11 Å². The van der Waals surface area contributed by atoms with Gasteiger partial charge in [0.2, 0.25) is 0 Å². The highest BCUT2D eigenvalue weighted by Crippen LogP contribution is 2.22. The molecule has 0 saturated carbocycles. The second-order valence-corrected chi connectivity index (χ2v) is 3.35. The van der Waals surface area contributed by atoms with E-state index < -0.39 is 5.97 Å². The molecule has 2 rings (SSSR count). The van der Waals surface area contributed by atoms with Crippen molar-refractivity contribution in [1.29, 1.82) is 0 Å². The van der Waals surface area contributed by atoms with Gasteiger partial charge in [0.05, 0.1) is 5.69 Å². The van der Waals surface area contributed by atoms with E-state index in [-0.39, 0.29) is 4.88 Å². The molecule has 6 nitrogen and oxygen atoms in total. The van der Waals surface area contributed by atoms with Crippen LogP contribution in [0.2, 0.25) is 0 Å². The van der Waals surface area contributed by atoms with Crippen LogP contribution >= 0.6 is 11.5 Å². The summed E-state index contributed by atoms with van der Waals surface area (Å²) >= 11 is 0.863. The standard InChI is InChI=1S/C7H6N4O2S/c1-11-4(2-3-8-11)5-6(7(12)13)14-10-9-5/h2-3H,1H3,(H,12,13). The van der Waals surface area contributed by atoms with Gasteiger partial charge in [-0.1, -0.05) is 4.49 Å². The number of aromatic nitrogens is 4. The lowest BCUT2D eigenvalue weighted by Gasteiger charge is -1.97. The van der Waals surface area contributed by atoms with Crippen molar-refractivity contribution < 1.29 is 9.90 Å². The number of hydrogen-bond donors (Lipinski definition) is 1. The normalized spacial score (nSPS) is 10.4. The molecule has 0 aromatic carbocycles. The number of carboxylic acids is 1. The number of aryl methyl sites for hydroxylation is 1. The highest BCUT2D eigenvalue weighted by molar-refractivity contribution is 7.08. The molecule has 0 unspecified atom stereocenters. The van der Waals surface area contributed by atoms with Crippen molar-refractivity contribution in [3.8, 4) is 11.4 Å². The van der Waals surface area contributed by atoms with E-state index >= 15 is 0 Å². The SMILES string of the molecule is Cn1nccc1-c1nnsc1C(=O)O. The van der Waals surface area contributed by atoms with Crippen molar-refractivity contribution in [3.05, 3.63) is 17.1 Å². The number of rotatable bonds is 2. The van der Waals surface area contributed by atoms with Crippen molar-refractivity contribution in [2.45, 2.75) is 0 Å². The molecule has 0 fully saturated rings. The van der Waals surface area contributed by atoms with Crippen LogP contribution in [0.1, 0.15) is 9.67 Å². The Labute approximate surface area is 83.0 Å². The summed E-state index contributed by atoms with van der Waals surface area (Å²) in [6.07, 6.45) is 1.58. The molecule has 0 saturated heterocycles. The van der Waals surface area contributed by atoms with Crippen LogP contribution in [-0.4, -0.2) is 30.4 Å². The first kappa shape index (κ1) is 8.82. The summed E-state index contributed by atoms with van der Waals surface area (Å²) in [5, 5.41) is 16.5. The van der Waals surface area contributed by atoms with E-state index in [9.17, 15) is 4.79 Å². The predicted molar refractivity (Wildman–Crippen MR) is 49.1 cm³/mol. The van der Waals surface area contributed by atoms with E-state index in [1.807, 2.05) is 0 Å². The highest BCUT2D eigenvalue weighted by Gasteiger charge is 2.18. The van der Waals surface area contributed by atoms with Crippen molar-refractivity contribution >= 4 is 17.5 Å². The van der Waals surface area contributed by atoms with E-state index in [0.717, 1.165) is 11.5 Å². The molecule has 2 aromatic rings. The van der Waals surface area contributed by atoms with Gasteiger partial charge >= 0.3 is 5.97 Å². The maximum absolute atomic E-state index is 10.8. The van der Waals surface area contributed by atoms with Crippen LogP contribution in [0.25, 0.3) is 11.4 Å². The van der Waals surface area contributed by atoms with Gasteiger partial charge in [0.1, 0.15) is 5.69 Å². The van der Waals surface area contributed by atoms with Crippen LogP contribution in [0.5, 0.6) is 0 Å². The molecule has 0 aliphatic carbocycles. The first-order valence-corrected chi connectivity index (χ1v) is 4.51. The maximum Gasteiger partial charge on any atom is 0.349 e. The van der Waals surface area contributed by atoms with Crippen molar-refractivity contribution in [2.24, 2.45) is 7.05 Å². The summed E-state index contributed by atoms with van der Waals surface area (Å²) in [7, 11) is 1.72. The van der Waals surface area contributed by atoms with Crippen molar-refractivity contribution in [3.63, 3.8) is 0 Å². The summed E-state index contributed by atoms with van der Waals surface area (Å²) in [4.78, 5) is 10.9. The molecule has 7 heteroatoms. The fourth-order valence-electron chi connectivity index (χ4n) is 1.10. The smallest absolute Gasteiger partial charge is 0.349 e. The highest BCUT2D eigenvalue weighted by atomic mass is 32.1. The Morgan fingerprint density at radius 2 is 2.43 bits per heavy atom. The molecule has 1 N–H and O–H groups in total. The minimum Gasteiger partial charge on any atom is -0.477 e. The Bertz CT molecular complexity index is 475. The van der Waals surface area contributed by atoms with Gasteiger partial charge in [-0.25, -0.2) is 4.79 Å². The summed E-state index contributed by atoms with van der Waals surface area (Å²) in [6, 6.07) is 1.70. The lowest BCUT2D eigenvalue weighted by Crippen LogP contribution is -1.99. The Kier molecular flexibility index (Phi) is 2.01. The maximum atomic E-state index is 10.8. The fourth-order valence-corrected chi connectivity index (χ4v) is 1.62. The Morgan fingerprint density at radius 1 is 1.64 bits per heavy atom. The van der Waals surface area contributed by atoms with E-state index in [1.54, 1.807) is 24.0 Å². The van der Waals surface area contributed by atoms with Crippen LogP contribution in [0.3, 0.4) is 0 Å². The van der Waals surface area contributed by atoms with E-state index in [0.29, 0.717) is 11.4 Å². The Hall–Kier alpha value is -1.76. The van der Waals surface area contributed by atoms with Crippen LogP contribution in [0.4, 0.5) is 0 Å². The van der Waals surface area contributed by atoms with Gasteiger partial charge in [-0.05, 0) is 17.6 Å². The second-order valence-electron chi connectivity index (χ2n) is 2.60. The van der Waals surface area contributed by atoms with Gasteiger partial charge in [-0.3, -0.25) is 4.68 Å². The number of carboxylic acid groups (broad SMARTS) is 1. The van der Waals surface area contributed by atoms with Crippen LogP contribution < -0.4 is 0 Å². The molecule has 0 aliphatic heterocycles. The fraction of sp³-hybridized carbons (Fsp3) is 0.143. The van der Waals surface area contributed by atoms with Crippen LogP contribution in [0.15, 0.2) is 12.3 Å². The van der Waals surface area contributed by atoms with E-state index in [4.69, 9.17) is 5.11 Å². The van der Waals surface area contributed by atoms with Crippen molar-refractivity contribution in [2.75, 3.05) is 0 Å². The summed E-state index contributed by atoms with van der Waals surface area (Å²) < 4.78 is 5.17. The second kappa shape index (κ2) is 3.18.